The lowest BCUT2D eigenvalue weighted by molar-refractivity contribution is -0.122. The van der Waals surface area contributed by atoms with Gasteiger partial charge in [-0.1, -0.05) is 36.4 Å². The van der Waals surface area contributed by atoms with Crippen molar-refractivity contribution in [1.82, 2.24) is 5.32 Å². The number of carbonyl (C=O) groups is 2. The Balaban J connectivity index is 1.34. The van der Waals surface area contributed by atoms with Gasteiger partial charge in [0, 0.05) is 23.9 Å². The molecule has 1 aliphatic rings. The molecule has 2 amide bonds. The van der Waals surface area contributed by atoms with Crippen LogP contribution in [0.1, 0.15) is 22.8 Å². The van der Waals surface area contributed by atoms with Gasteiger partial charge in [0.2, 0.25) is 0 Å². The topological polar surface area (TPSA) is 85.9 Å². The van der Waals surface area contributed by atoms with Gasteiger partial charge < -0.3 is 24.8 Å². The van der Waals surface area contributed by atoms with Crippen LogP contribution in [0.25, 0.3) is 0 Å². The van der Waals surface area contributed by atoms with E-state index >= 15 is 0 Å². The number of carbonyl (C=O) groups excluding carboxylic acids is 2. The third kappa shape index (κ3) is 5.37. The lowest BCUT2D eigenvalue weighted by Crippen LogP contribution is -2.30. The van der Waals surface area contributed by atoms with E-state index in [2.05, 4.69) is 10.6 Å². The highest BCUT2D eigenvalue weighted by Gasteiger charge is 2.18. The number of anilines is 1. The van der Waals surface area contributed by atoms with Gasteiger partial charge in [-0.15, -0.1) is 0 Å². The Hall–Kier alpha value is -4.00. The molecule has 0 spiro atoms. The Kier molecular flexibility index (Phi) is 6.55. The molecule has 0 unspecified atom stereocenters. The van der Waals surface area contributed by atoms with Crippen LogP contribution in [0.4, 0.5) is 5.69 Å². The maximum absolute atomic E-state index is 12.6. The van der Waals surface area contributed by atoms with Gasteiger partial charge in [0.1, 0.15) is 19.0 Å². The highest BCUT2D eigenvalue weighted by Crippen LogP contribution is 2.32. The zero-order chi connectivity index (χ0) is 22.3. The van der Waals surface area contributed by atoms with Gasteiger partial charge in [0.15, 0.2) is 17.6 Å². The second kappa shape index (κ2) is 9.87. The van der Waals surface area contributed by atoms with Crippen LogP contribution in [0.15, 0.2) is 72.8 Å². The molecule has 0 radical (unpaired) electrons. The SMILES string of the molecule is C[C@@H](Oc1cccc(C(=O)NCc2ccccc2)c1)C(=O)Nc1ccc2c(c1)OCCO2. The van der Waals surface area contributed by atoms with Crippen LogP contribution in [0.2, 0.25) is 0 Å². The third-order valence-electron chi connectivity index (χ3n) is 4.88. The molecule has 1 atom stereocenters. The van der Waals surface area contributed by atoms with Crippen molar-refractivity contribution in [1.29, 1.82) is 0 Å². The maximum Gasteiger partial charge on any atom is 0.265 e. The molecule has 0 saturated carbocycles. The molecule has 1 heterocycles. The van der Waals surface area contributed by atoms with Gasteiger partial charge in [-0.2, -0.15) is 0 Å². The van der Waals surface area contributed by atoms with E-state index in [-0.39, 0.29) is 11.8 Å². The van der Waals surface area contributed by atoms with Crippen molar-refractivity contribution in [3.05, 3.63) is 83.9 Å². The lowest BCUT2D eigenvalue weighted by Gasteiger charge is -2.20. The minimum atomic E-state index is -0.772. The maximum atomic E-state index is 12.6. The summed E-state index contributed by atoms with van der Waals surface area (Å²) < 4.78 is 16.8. The molecule has 0 fully saturated rings. The molecule has 7 heteroatoms. The standard InChI is InChI=1S/C25H24N2O5/c1-17(24(28)27-20-10-11-22-23(15-20)31-13-12-30-22)32-21-9-5-8-19(14-21)25(29)26-16-18-6-3-2-4-7-18/h2-11,14-15,17H,12-13,16H2,1H3,(H,26,29)(H,27,28)/t17-/m1/s1. The van der Waals surface area contributed by atoms with Crippen molar-refractivity contribution in [2.45, 2.75) is 19.6 Å². The Bertz CT molecular complexity index is 1100. The molecule has 3 aromatic carbocycles. The summed E-state index contributed by atoms with van der Waals surface area (Å²) in [6.07, 6.45) is -0.772. The fourth-order valence-electron chi connectivity index (χ4n) is 3.21. The van der Waals surface area contributed by atoms with Gasteiger partial charge >= 0.3 is 0 Å². The van der Waals surface area contributed by atoms with Gasteiger partial charge in [-0.05, 0) is 42.8 Å². The van der Waals surface area contributed by atoms with Crippen molar-refractivity contribution >= 4 is 17.5 Å². The summed E-state index contributed by atoms with van der Waals surface area (Å²) in [4.78, 5) is 25.1. The molecule has 7 nitrogen and oxygen atoms in total. The van der Waals surface area contributed by atoms with Crippen LogP contribution in [-0.4, -0.2) is 31.1 Å². The summed E-state index contributed by atoms with van der Waals surface area (Å²) >= 11 is 0. The predicted octanol–water partition coefficient (Wildman–Crippen LogP) is 3.79. The van der Waals surface area contributed by atoms with Gasteiger partial charge in [0.25, 0.3) is 11.8 Å². The van der Waals surface area contributed by atoms with Crippen LogP contribution in [0.5, 0.6) is 17.2 Å². The molecule has 32 heavy (non-hydrogen) atoms. The number of amides is 2. The molecule has 0 aromatic heterocycles. The van der Waals surface area contributed by atoms with Crippen LogP contribution in [0.3, 0.4) is 0 Å². The van der Waals surface area contributed by atoms with E-state index in [0.717, 1.165) is 5.56 Å². The lowest BCUT2D eigenvalue weighted by atomic mass is 10.2. The first-order chi connectivity index (χ1) is 15.6. The Labute approximate surface area is 186 Å². The van der Waals surface area contributed by atoms with Gasteiger partial charge in [-0.3, -0.25) is 9.59 Å². The monoisotopic (exact) mass is 432 g/mol. The average molecular weight is 432 g/mol. The van der Waals surface area contributed by atoms with E-state index in [9.17, 15) is 9.59 Å². The molecule has 3 aromatic rings. The smallest absolute Gasteiger partial charge is 0.265 e. The molecule has 1 aliphatic heterocycles. The minimum absolute atomic E-state index is 0.215. The van der Waals surface area contributed by atoms with E-state index in [1.54, 1.807) is 49.4 Å². The van der Waals surface area contributed by atoms with E-state index in [1.165, 1.54) is 0 Å². The second-order valence-electron chi connectivity index (χ2n) is 7.30. The van der Waals surface area contributed by atoms with Crippen molar-refractivity contribution in [2.24, 2.45) is 0 Å². The number of nitrogens with one attached hydrogen (secondary N) is 2. The fourth-order valence-corrected chi connectivity index (χ4v) is 3.21. The molecule has 164 valence electrons. The first-order valence-electron chi connectivity index (χ1n) is 10.4. The van der Waals surface area contributed by atoms with Crippen molar-refractivity contribution in [3.63, 3.8) is 0 Å². The third-order valence-corrected chi connectivity index (χ3v) is 4.88. The minimum Gasteiger partial charge on any atom is -0.486 e. The highest BCUT2D eigenvalue weighted by atomic mass is 16.6. The first kappa shape index (κ1) is 21.2. The molecule has 2 N–H and O–H groups in total. The van der Waals surface area contributed by atoms with Gasteiger partial charge in [-0.25, -0.2) is 0 Å². The zero-order valence-corrected chi connectivity index (χ0v) is 17.7. The summed E-state index contributed by atoms with van der Waals surface area (Å²) in [6, 6.07) is 21.6. The quantitative estimate of drug-likeness (QED) is 0.593. The van der Waals surface area contributed by atoms with Crippen LogP contribution in [0, 0.1) is 0 Å². The zero-order valence-electron chi connectivity index (χ0n) is 17.7. The second-order valence-corrected chi connectivity index (χ2v) is 7.30. The molecule has 0 bridgehead atoms. The van der Waals surface area contributed by atoms with E-state index in [1.807, 2.05) is 30.3 Å². The largest absolute Gasteiger partial charge is 0.486 e. The first-order valence-corrected chi connectivity index (χ1v) is 10.4. The van der Waals surface area contributed by atoms with Crippen LogP contribution >= 0.6 is 0 Å². The molecule has 0 aliphatic carbocycles. The van der Waals surface area contributed by atoms with Crippen molar-refractivity contribution in [2.75, 3.05) is 18.5 Å². The summed E-state index contributed by atoms with van der Waals surface area (Å²) in [6.45, 7) is 3.06. The summed E-state index contributed by atoms with van der Waals surface area (Å²) in [5, 5.41) is 5.69. The number of hydrogen-bond acceptors (Lipinski definition) is 5. The normalized spacial score (nSPS) is 13.0. The molecule has 0 saturated heterocycles. The fraction of sp³-hybridized carbons (Fsp3) is 0.200. The highest BCUT2D eigenvalue weighted by molar-refractivity contribution is 5.95. The van der Waals surface area contributed by atoms with E-state index in [0.29, 0.717) is 48.3 Å². The summed E-state index contributed by atoms with van der Waals surface area (Å²) in [5.74, 6) is 1.15. The van der Waals surface area contributed by atoms with Gasteiger partial charge in [0.05, 0.1) is 0 Å². The molecular formula is C25H24N2O5. The molecular weight excluding hydrogens is 408 g/mol. The predicted molar refractivity (Wildman–Crippen MR) is 120 cm³/mol. The number of benzene rings is 3. The number of hydrogen-bond donors (Lipinski definition) is 2. The van der Waals surface area contributed by atoms with Crippen molar-refractivity contribution < 1.29 is 23.8 Å². The number of fused-ring (bicyclic) bond motifs is 1. The Morgan fingerprint density at radius 2 is 1.72 bits per heavy atom. The Morgan fingerprint density at radius 1 is 0.938 bits per heavy atom. The van der Waals surface area contributed by atoms with E-state index in [4.69, 9.17) is 14.2 Å². The summed E-state index contributed by atoms with van der Waals surface area (Å²) in [5.41, 5.74) is 2.05. The van der Waals surface area contributed by atoms with Crippen LogP contribution in [-0.2, 0) is 11.3 Å². The number of ether oxygens (including phenoxy) is 3. The summed E-state index contributed by atoms with van der Waals surface area (Å²) in [7, 11) is 0. The molecule has 4 rings (SSSR count). The van der Waals surface area contributed by atoms with Crippen LogP contribution < -0.4 is 24.8 Å². The number of rotatable bonds is 7. The Morgan fingerprint density at radius 3 is 2.53 bits per heavy atom. The van der Waals surface area contributed by atoms with Crippen molar-refractivity contribution in [3.8, 4) is 17.2 Å². The van der Waals surface area contributed by atoms with E-state index < -0.39 is 6.10 Å². The average Bonchev–Trinajstić information content (AvgIpc) is 2.83.